The van der Waals surface area contributed by atoms with E-state index in [-0.39, 0.29) is 0 Å². The molecule has 0 spiro atoms. The molecule has 15 heavy (non-hydrogen) atoms. The third kappa shape index (κ3) is 1.84. The number of rotatable bonds is 2. The van der Waals surface area contributed by atoms with Crippen LogP contribution in [0.15, 0.2) is 36.4 Å². The summed E-state index contributed by atoms with van der Waals surface area (Å²) in [5, 5.41) is 10.5. The van der Waals surface area contributed by atoms with Crippen LogP contribution in [-0.2, 0) is 0 Å². The van der Waals surface area contributed by atoms with Crippen LogP contribution >= 0.6 is 0 Å². The molecule has 0 amide bonds. The van der Waals surface area contributed by atoms with E-state index in [1.807, 2.05) is 24.3 Å². The van der Waals surface area contributed by atoms with E-state index >= 15 is 0 Å². The molecule has 3 heteroatoms. The van der Waals surface area contributed by atoms with E-state index in [0.29, 0.717) is 5.75 Å². The van der Waals surface area contributed by atoms with E-state index in [9.17, 15) is 0 Å². The number of nitrogens with zero attached hydrogens (tertiary/aromatic N) is 1. The Labute approximate surface area is 87.5 Å². The van der Waals surface area contributed by atoms with Crippen LogP contribution < -0.4 is 9.47 Å². The Bertz CT molecular complexity index is 529. The average Bonchev–Trinajstić information content (AvgIpc) is 2.28. The number of hydrogen-bond acceptors (Lipinski definition) is 3. The summed E-state index contributed by atoms with van der Waals surface area (Å²) in [7, 11) is 1.62. The van der Waals surface area contributed by atoms with E-state index in [0.717, 1.165) is 16.5 Å². The molecule has 0 unspecified atom stereocenters. The summed E-state index contributed by atoms with van der Waals surface area (Å²) in [6, 6.07) is 11.2. The van der Waals surface area contributed by atoms with E-state index in [1.54, 1.807) is 25.5 Å². The Morgan fingerprint density at radius 2 is 1.67 bits per heavy atom. The van der Waals surface area contributed by atoms with Crippen molar-refractivity contribution in [2.75, 3.05) is 7.11 Å². The zero-order chi connectivity index (χ0) is 10.7. The van der Waals surface area contributed by atoms with Crippen LogP contribution in [0.5, 0.6) is 11.5 Å². The van der Waals surface area contributed by atoms with Crippen molar-refractivity contribution in [1.29, 1.82) is 5.26 Å². The zero-order valence-electron chi connectivity index (χ0n) is 8.23. The molecule has 0 aromatic heterocycles. The average molecular weight is 199 g/mol. The minimum Gasteiger partial charge on any atom is -0.497 e. The highest BCUT2D eigenvalue weighted by atomic mass is 16.5. The molecule has 0 N–H and O–H groups in total. The first-order valence-electron chi connectivity index (χ1n) is 4.47. The lowest BCUT2D eigenvalue weighted by Crippen LogP contribution is -1.84. The van der Waals surface area contributed by atoms with Crippen LogP contribution in [0.2, 0.25) is 0 Å². The maximum absolute atomic E-state index is 8.40. The van der Waals surface area contributed by atoms with Gasteiger partial charge in [-0.05, 0) is 35.0 Å². The van der Waals surface area contributed by atoms with Crippen molar-refractivity contribution in [2.24, 2.45) is 0 Å². The van der Waals surface area contributed by atoms with Crippen LogP contribution in [0.25, 0.3) is 10.8 Å². The van der Waals surface area contributed by atoms with E-state index in [1.165, 1.54) is 0 Å². The number of hydrogen-bond donors (Lipinski definition) is 0. The Kier molecular flexibility index (Phi) is 2.42. The van der Waals surface area contributed by atoms with Gasteiger partial charge in [-0.2, -0.15) is 0 Å². The first kappa shape index (κ1) is 9.35. The third-order valence-corrected chi connectivity index (χ3v) is 2.18. The second kappa shape index (κ2) is 3.89. The fourth-order valence-corrected chi connectivity index (χ4v) is 1.45. The van der Waals surface area contributed by atoms with Crippen LogP contribution in [0.1, 0.15) is 0 Å². The van der Waals surface area contributed by atoms with Crippen molar-refractivity contribution in [3.63, 3.8) is 0 Å². The van der Waals surface area contributed by atoms with Gasteiger partial charge in [-0.15, -0.1) is 5.26 Å². The molecule has 0 heterocycles. The highest BCUT2D eigenvalue weighted by molar-refractivity contribution is 5.85. The number of ether oxygens (including phenoxy) is 2. The largest absolute Gasteiger partial charge is 0.497 e. The molecule has 0 aliphatic heterocycles. The molecule has 3 nitrogen and oxygen atoms in total. The monoisotopic (exact) mass is 199 g/mol. The summed E-state index contributed by atoms with van der Waals surface area (Å²) in [4.78, 5) is 0. The zero-order valence-corrected chi connectivity index (χ0v) is 8.23. The maximum atomic E-state index is 8.40. The molecule has 2 rings (SSSR count). The van der Waals surface area contributed by atoms with Crippen molar-refractivity contribution < 1.29 is 9.47 Å². The van der Waals surface area contributed by atoms with Crippen LogP contribution in [0.4, 0.5) is 0 Å². The normalized spacial score (nSPS) is 9.60. The van der Waals surface area contributed by atoms with Gasteiger partial charge in [-0.3, -0.25) is 0 Å². The molecular weight excluding hydrogens is 190 g/mol. The molecule has 0 saturated carbocycles. The lowest BCUT2D eigenvalue weighted by molar-refractivity contribution is 0.415. The van der Waals surface area contributed by atoms with Crippen LogP contribution in [-0.4, -0.2) is 7.11 Å². The van der Waals surface area contributed by atoms with Crippen molar-refractivity contribution in [2.45, 2.75) is 0 Å². The van der Waals surface area contributed by atoms with Crippen LogP contribution in [0.3, 0.4) is 0 Å². The Morgan fingerprint density at radius 1 is 1.00 bits per heavy atom. The van der Waals surface area contributed by atoms with Gasteiger partial charge in [0.25, 0.3) is 6.26 Å². The first-order chi connectivity index (χ1) is 7.33. The highest BCUT2D eigenvalue weighted by Gasteiger charge is 1.99. The molecule has 0 fully saturated rings. The molecule has 0 saturated heterocycles. The SMILES string of the molecule is COc1ccc2ccc(OC#N)cc2c1. The van der Waals surface area contributed by atoms with Gasteiger partial charge in [0.05, 0.1) is 7.11 Å². The van der Waals surface area contributed by atoms with Gasteiger partial charge >= 0.3 is 0 Å². The molecule has 0 aliphatic carbocycles. The van der Waals surface area contributed by atoms with Gasteiger partial charge in [0.15, 0.2) is 0 Å². The molecule has 0 atom stereocenters. The van der Waals surface area contributed by atoms with Crippen LogP contribution in [0, 0.1) is 11.5 Å². The molecule has 2 aromatic rings. The number of fused-ring (bicyclic) bond motifs is 1. The van der Waals surface area contributed by atoms with Gasteiger partial charge in [0, 0.05) is 0 Å². The second-order valence-corrected chi connectivity index (χ2v) is 3.07. The van der Waals surface area contributed by atoms with Gasteiger partial charge < -0.3 is 9.47 Å². The number of benzene rings is 2. The summed E-state index contributed by atoms with van der Waals surface area (Å²) in [6.45, 7) is 0. The molecule has 2 aromatic carbocycles. The number of nitriles is 1. The summed E-state index contributed by atoms with van der Waals surface area (Å²) in [6.07, 6.45) is 1.65. The quantitative estimate of drug-likeness (QED) is 0.698. The fraction of sp³-hybridized carbons (Fsp3) is 0.0833. The van der Waals surface area contributed by atoms with Gasteiger partial charge in [0.2, 0.25) is 0 Å². The van der Waals surface area contributed by atoms with E-state index in [4.69, 9.17) is 14.7 Å². The highest BCUT2D eigenvalue weighted by Crippen LogP contribution is 2.24. The summed E-state index contributed by atoms with van der Waals surface area (Å²) >= 11 is 0. The summed E-state index contributed by atoms with van der Waals surface area (Å²) < 4.78 is 9.87. The second-order valence-electron chi connectivity index (χ2n) is 3.07. The summed E-state index contributed by atoms with van der Waals surface area (Å²) in [5.41, 5.74) is 0. The fourth-order valence-electron chi connectivity index (χ4n) is 1.45. The standard InChI is InChI=1S/C12H9NO2/c1-14-11-4-2-9-3-5-12(15-8-13)7-10(9)6-11/h2-7H,1H3. The first-order valence-corrected chi connectivity index (χ1v) is 4.47. The Balaban J connectivity index is 2.53. The summed E-state index contributed by atoms with van der Waals surface area (Å²) in [5.74, 6) is 1.33. The van der Waals surface area contributed by atoms with Crippen molar-refractivity contribution >= 4 is 10.8 Å². The molecule has 0 radical (unpaired) electrons. The Morgan fingerprint density at radius 3 is 2.33 bits per heavy atom. The minimum atomic E-state index is 0.540. The lowest BCUT2D eigenvalue weighted by atomic mass is 10.1. The van der Waals surface area contributed by atoms with Crippen molar-refractivity contribution in [1.82, 2.24) is 0 Å². The van der Waals surface area contributed by atoms with Gasteiger partial charge in [0.1, 0.15) is 11.5 Å². The van der Waals surface area contributed by atoms with Crippen molar-refractivity contribution in [3.05, 3.63) is 36.4 Å². The van der Waals surface area contributed by atoms with Crippen molar-refractivity contribution in [3.8, 4) is 17.8 Å². The van der Waals surface area contributed by atoms with Gasteiger partial charge in [-0.25, -0.2) is 0 Å². The molecule has 0 bridgehead atoms. The molecule has 74 valence electrons. The third-order valence-electron chi connectivity index (χ3n) is 2.18. The molecule has 0 aliphatic rings. The minimum absolute atomic E-state index is 0.540. The number of methoxy groups -OCH3 is 1. The lowest BCUT2D eigenvalue weighted by Gasteiger charge is -2.03. The topological polar surface area (TPSA) is 42.2 Å². The maximum Gasteiger partial charge on any atom is 0.292 e. The Hall–Kier alpha value is -2.21. The predicted molar refractivity (Wildman–Crippen MR) is 56.7 cm³/mol. The smallest absolute Gasteiger partial charge is 0.292 e. The van der Waals surface area contributed by atoms with Gasteiger partial charge in [-0.1, -0.05) is 12.1 Å². The van der Waals surface area contributed by atoms with E-state index < -0.39 is 0 Å². The molecular formula is C12H9NO2. The predicted octanol–water partition coefficient (Wildman–Crippen LogP) is 2.71. The van der Waals surface area contributed by atoms with E-state index in [2.05, 4.69) is 0 Å².